The second-order valence-electron chi connectivity index (χ2n) is 3.71. The molecule has 0 aliphatic heterocycles. The quantitative estimate of drug-likeness (QED) is 0.862. The first-order valence-electron chi connectivity index (χ1n) is 5.18. The van der Waals surface area contributed by atoms with E-state index in [0.29, 0.717) is 21.0 Å². The Kier molecular flexibility index (Phi) is 4.20. The van der Waals surface area contributed by atoms with Crippen LogP contribution in [0.15, 0.2) is 27.8 Å². The molecule has 0 atom stereocenters. The molecule has 1 aromatic carbocycles. The molecule has 0 radical (unpaired) electrons. The Morgan fingerprint density at radius 1 is 1.47 bits per heavy atom. The van der Waals surface area contributed by atoms with Crippen LogP contribution in [0.3, 0.4) is 0 Å². The van der Waals surface area contributed by atoms with Crippen LogP contribution in [-0.2, 0) is 11.8 Å². The third-order valence-electron chi connectivity index (χ3n) is 2.28. The number of carboxylic acid groups (broad SMARTS) is 1. The number of thioether (sulfide) groups is 1. The largest absolute Gasteiger partial charge is 0.481 e. The van der Waals surface area contributed by atoms with Crippen LogP contribution >= 0.6 is 27.7 Å². The van der Waals surface area contributed by atoms with E-state index in [2.05, 4.69) is 26.1 Å². The van der Waals surface area contributed by atoms with Gasteiger partial charge in [-0.15, -0.1) is 10.2 Å². The molecule has 0 unspecified atom stereocenters. The van der Waals surface area contributed by atoms with E-state index in [1.807, 2.05) is 0 Å². The van der Waals surface area contributed by atoms with Gasteiger partial charge in [-0.3, -0.25) is 4.79 Å². The Bertz CT molecular complexity index is 612. The van der Waals surface area contributed by atoms with Gasteiger partial charge in [0.2, 0.25) is 0 Å². The molecule has 0 spiro atoms. The van der Waals surface area contributed by atoms with E-state index in [1.54, 1.807) is 17.7 Å². The highest BCUT2D eigenvalue weighted by molar-refractivity contribution is 9.10. The van der Waals surface area contributed by atoms with Crippen molar-refractivity contribution in [2.75, 3.05) is 5.75 Å². The summed E-state index contributed by atoms with van der Waals surface area (Å²) in [6.45, 7) is 0. The standard InChI is InChI=1S/C11H9BrFN3O2S/c1-16-10(6-2-7(12)4-8(13)3-6)14-15-11(16)19-5-9(17)18/h2-4H,5H2,1H3,(H,17,18). The molecule has 2 aromatic rings. The minimum Gasteiger partial charge on any atom is -0.481 e. The molecular weight excluding hydrogens is 337 g/mol. The van der Waals surface area contributed by atoms with Crippen LogP contribution in [-0.4, -0.2) is 31.6 Å². The number of rotatable bonds is 4. The van der Waals surface area contributed by atoms with Gasteiger partial charge in [-0.1, -0.05) is 27.7 Å². The second kappa shape index (κ2) is 5.70. The predicted octanol–water partition coefficient (Wildman–Crippen LogP) is 2.56. The van der Waals surface area contributed by atoms with E-state index < -0.39 is 5.97 Å². The van der Waals surface area contributed by atoms with E-state index in [1.165, 1.54) is 12.1 Å². The van der Waals surface area contributed by atoms with Crippen molar-refractivity contribution >= 4 is 33.7 Å². The van der Waals surface area contributed by atoms with Crippen LogP contribution < -0.4 is 0 Å². The lowest BCUT2D eigenvalue weighted by atomic mass is 10.2. The number of carbonyl (C=O) groups is 1. The van der Waals surface area contributed by atoms with Crippen LogP contribution in [0.2, 0.25) is 0 Å². The fourth-order valence-corrected chi connectivity index (χ4v) is 2.60. The van der Waals surface area contributed by atoms with E-state index >= 15 is 0 Å². The smallest absolute Gasteiger partial charge is 0.313 e. The maximum Gasteiger partial charge on any atom is 0.313 e. The molecule has 0 fully saturated rings. The fourth-order valence-electron chi connectivity index (χ4n) is 1.50. The molecule has 1 aromatic heterocycles. The van der Waals surface area contributed by atoms with Gasteiger partial charge in [0.25, 0.3) is 0 Å². The monoisotopic (exact) mass is 345 g/mol. The zero-order chi connectivity index (χ0) is 14.0. The van der Waals surface area contributed by atoms with Crippen molar-refractivity contribution in [2.45, 2.75) is 5.16 Å². The Labute approximate surface area is 121 Å². The third-order valence-corrected chi connectivity index (χ3v) is 3.74. The van der Waals surface area contributed by atoms with Gasteiger partial charge in [-0.25, -0.2) is 4.39 Å². The number of aliphatic carboxylic acids is 1. The SMILES string of the molecule is Cn1c(SCC(=O)O)nnc1-c1cc(F)cc(Br)c1. The van der Waals surface area contributed by atoms with E-state index in [-0.39, 0.29) is 11.6 Å². The summed E-state index contributed by atoms with van der Waals surface area (Å²) in [5.41, 5.74) is 0.573. The second-order valence-corrected chi connectivity index (χ2v) is 5.56. The number of aromatic nitrogens is 3. The number of nitrogens with zero attached hydrogens (tertiary/aromatic N) is 3. The summed E-state index contributed by atoms with van der Waals surface area (Å²) in [7, 11) is 1.71. The first-order chi connectivity index (χ1) is 8.97. The van der Waals surface area contributed by atoms with E-state index in [4.69, 9.17) is 5.11 Å². The van der Waals surface area contributed by atoms with Gasteiger partial charge < -0.3 is 9.67 Å². The first kappa shape index (κ1) is 14.0. The lowest BCUT2D eigenvalue weighted by Crippen LogP contribution is -2.01. The van der Waals surface area contributed by atoms with Crippen molar-refractivity contribution in [3.05, 3.63) is 28.5 Å². The molecule has 0 aliphatic carbocycles. The summed E-state index contributed by atoms with van der Waals surface area (Å²) < 4.78 is 15.6. The topological polar surface area (TPSA) is 68.0 Å². The molecule has 0 aliphatic rings. The molecule has 1 N–H and O–H groups in total. The van der Waals surface area contributed by atoms with Crippen molar-refractivity contribution in [1.82, 2.24) is 14.8 Å². The zero-order valence-electron chi connectivity index (χ0n) is 9.80. The van der Waals surface area contributed by atoms with Crippen molar-refractivity contribution < 1.29 is 14.3 Å². The van der Waals surface area contributed by atoms with Gasteiger partial charge in [-0.2, -0.15) is 0 Å². The van der Waals surface area contributed by atoms with Crippen LogP contribution in [0.1, 0.15) is 0 Å². The molecule has 100 valence electrons. The number of benzene rings is 1. The minimum absolute atomic E-state index is 0.0984. The van der Waals surface area contributed by atoms with Crippen LogP contribution in [0.5, 0.6) is 0 Å². The summed E-state index contributed by atoms with van der Waals surface area (Å²) >= 11 is 4.27. The number of carboxylic acids is 1. The highest BCUT2D eigenvalue weighted by Crippen LogP contribution is 2.25. The van der Waals surface area contributed by atoms with Crippen molar-refractivity contribution in [1.29, 1.82) is 0 Å². The third kappa shape index (κ3) is 3.32. The summed E-state index contributed by atoms with van der Waals surface area (Å²) in [4.78, 5) is 10.5. The van der Waals surface area contributed by atoms with Crippen molar-refractivity contribution in [3.8, 4) is 11.4 Å². The molecular formula is C11H9BrFN3O2S. The average molecular weight is 346 g/mol. The first-order valence-corrected chi connectivity index (χ1v) is 6.95. The van der Waals surface area contributed by atoms with Gasteiger partial charge in [0.05, 0.1) is 5.75 Å². The Morgan fingerprint density at radius 3 is 2.84 bits per heavy atom. The maximum atomic E-state index is 13.3. The molecule has 5 nitrogen and oxygen atoms in total. The molecule has 0 saturated heterocycles. The van der Waals surface area contributed by atoms with Gasteiger partial charge in [0.15, 0.2) is 11.0 Å². The average Bonchev–Trinajstić information content (AvgIpc) is 2.66. The highest BCUT2D eigenvalue weighted by Gasteiger charge is 2.13. The number of halogens is 2. The fraction of sp³-hybridized carbons (Fsp3) is 0.182. The molecule has 2 rings (SSSR count). The minimum atomic E-state index is -0.928. The van der Waals surface area contributed by atoms with Gasteiger partial charge in [0, 0.05) is 17.1 Å². The Balaban J connectivity index is 2.33. The lowest BCUT2D eigenvalue weighted by Gasteiger charge is -2.04. The van der Waals surface area contributed by atoms with Crippen LogP contribution in [0, 0.1) is 5.82 Å². The summed E-state index contributed by atoms with van der Waals surface area (Å²) in [5.74, 6) is -0.929. The predicted molar refractivity (Wildman–Crippen MR) is 72.5 cm³/mol. The molecule has 0 amide bonds. The zero-order valence-corrected chi connectivity index (χ0v) is 12.2. The summed E-state index contributed by atoms with van der Waals surface area (Å²) in [6.07, 6.45) is 0. The summed E-state index contributed by atoms with van der Waals surface area (Å²) in [5, 5.41) is 17.0. The number of hydrogen-bond donors (Lipinski definition) is 1. The van der Waals surface area contributed by atoms with Gasteiger partial charge in [-0.05, 0) is 18.2 Å². The molecule has 8 heteroatoms. The van der Waals surface area contributed by atoms with E-state index in [9.17, 15) is 9.18 Å². The van der Waals surface area contributed by atoms with Crippen LogP contribution in [0.4, 0.5) is 4.39 Å². The van der Waals surface area contributed by atoms with Crippen LogP contribution in [0.25, 0.3) is 11.4 Å². The molecule has 0 bridgehead atoms. The Morgan fingerprint density at radius 2 is 2.21 bits per heavy atom. The molecule has 0 saturated carbocycles. The summed E-state index contributed by atoms with van der Waals surface area (Å²) in [6, 6.07) is 4.42. The maximum absolute atomic E-state index is 13.3. The molecule has 1 heterocycles. The normalized spacial score (nSPS) is 10.7. The van der Waals surface area contributed by atoms with Gasteiger partial charge >= 0.3 is 5.97 Å². The lowest BCUT2D eigenvalue weighted by molar-refractivity contribution is -0.133. The van der Waals surface area contributed by atoms with E-state index in [0.717, 1.165) is 11.8 Å². The Hall–Kier alpha value is -1.41. The molecule has 19 heavy (non-hydrogen) atoms. The van der Waals surface area contributed by atoms with Gasteiger partial charge in [0.1, 0.15) is 5.82 Å². The highest BCUT2D eigenvalue weighted by atomic mass is 79.9. The van der Waals surface area contributed by atoms with Crippen molar-refractivity contribution in [3.63, 3.8) is 0 Å². The van der Waals surface area contributed by atoms with Crippen molar-refractivity contribution in [2.24, 2.45) is 7.05 Å². The number of hydrogen-bond acceptors (Lipinski definition) is 4.